The fraction of sp³-hybridized carbons (Fsp3) is 0. The molecule has 13 heavy (non-hydrogen) atoms. The van der Waals surface area contributed by atoms with Gasteiger partial charge in [0.25, 0.3) is 0 Å². The Morgan fingerprint density at radius 3 is 2.15 bits per heavy atom. The lowest BCUT2D eigenvalue weighted by Gasteiger charge is -1.94. The van der Waals surface area contributed by atoms with Crippen LogP contribution in [0.25, 0.3) is 0 Å². The Hall–Kier alpha value is -0.850. The van der Waals surface area contributed by atoms with E-state index in [4.69, 9.17) is 0 Å². The van der Waals surface area contributed by atoms with Gasteiger partial charge in [0.15, 0.2) is 0 Å². The summed E-state index contributed by atoms with van der Waals surface area (Å²) in [4.78, 5) is 0.102. The van der Waals surface area contributed by atoms with E-state index >= 15 is 0 Å². The van der Waals surface area contributed by atoms with Gasteiger partial charge in [0.05, 0.1) is 4.90 Å². The van der Waals surface area contributed by atoms with Gasteiger partial charge in [-0.15, -0.1) is 0 Å². The summed E-state index contributed by atoms with van der Waals surface area (Å²) < 4.78 is 38.4. The second kappa shape index (κ2) is 2.34. The van der Waals surface area contributed by atoms with Crippen molar-refractivity contribution in [2.75, 3.05) is 0 Å². The molecule has 6 heteroatoms. The summed E-state index contributed by atoms with van der Waals surface area (Å²) in [6, 6.07) is 5.92. The Bertz CT molecular complexity index is 503. The molecule has 4 nitrogen and oxygen atoms in total. The quantitative estimate of drug-likeness (QED) is 0.591. The van der Waals surface area contributed by atoms with E-state index in [9.17, 15) is 12.6 Å². The molecule has 0 bridgehead atoms. The zero-order chi connectivity index (χ0) is 9.69. The van der Waals surface area contributed by atoms with Gasteiger partial charge in [0.1, 0.15) is 14.7 Å². The summed E-state index contributed by atoms with van der Waals surface area (Å²) in [5.74, 6) is 3.23. The highest BCUT2D eigenvalue weighted by atomic mass is 32.3. The molecule has 2 rings (SSSR count). The van der Waals surface area contributed by atoms with E-state index < -0.39 is 19.9 Å². The standard InChI is InChI=1S/C7H6O4S2/c1-12(8)6-4-2-3-5-7(6)13(9,10)11-12/h2-5H,1H2. The molecular weight excluding hydrogens is 212 g/mol. The highest BCUT2D eigenvalue weighted by Crippen LogP contribution is 2.32. The van der Waals surface area contributed by atoms with Crippen molar-refractivity contribution in [3.05, 3.63) is 24.3 Å². The molecule has 1 aromatic rings. The first-order valence-electron chi connectivity index (χ1n) is 3.36. The molecule has 0 aliphatic carbocycles. The second-order valence-electron chi connectivity index (χ2n) is 2.58. The third-order valence-corrected chi connectivity index (χ3v) is 5.30. The maximum atomic E-state index is 11.5. The molecule has 0 amide bonds. The van der Waals surface area contributed by atoms with Crippen molar-refractivity contribution < 1.29 is 16.3 Å². The van der Waals surface area contributed by atoms with Gasteiger partial charge in [0, 0.05) is 0 Å². The van der Waals surface area contributed by atoms with Gasteiger partial charge in [-0.25, -0.2) is 4.21 Å². The van der Waals surface area contributed by atoms with Crippen LogP contribution in [0.1, 0.15) is 0 Å². The Labute approximate surface area is 76.5 Å². The topological polar surface area (TPSA) is 60.4 Å². The first kappa shape index (κ1) is 8.74. The zero-order valence-corrected chi connectivity index (χ0v) is 8.10. The number of rotatable bonds is 0. The Morgan fingerprint density at radius 1 is 1.08 bits per heavy atom. The molecule has 0 fully saturated rings. The highest BCUT2D eigenvalue weighted by Gasteiger charge is 2.35. The minimum absolute atomic E-state index is 0.0463. The van der Waals surface area contributed by atoms with Gasteiger partial charge in [-0.05, 0) is 18.0 Å². The van der Waals surface area contributed by atoms with Crippen LogP contribution in [0.3, 0.4) is 0 Å². The van der Waals surface area contributed by atoms with E-state index in [-0.39, 0.29) is 9.79 Å². The Morgan fingerprint density at radius 2 is 1.62 bits per heavy atom. The van der Waals surface area contributed by atoms with Crippen LogP contribution in [0, 0.1) is 0 Å². The largest absolute Gasteiger partial charge is 0.310 e. The van der Waals surface area contributed by atoms with Crippen LogP contribution in [-0.4, -0.2) is 18.5 Å². The Kier molecular flexibility index (Phi) is 1.57. The minimum Gasteiger partial charge on any atom is -0.235 e. The SMILES string of the molecule is C=S1(=O)OS(=O)(=O)c2ccccc21. The lowest BCUT2D eigenvalue weighted by molar-refractivity contribution is 0.508. The van der Waals surface area contributed by atoms with E-state index in [1.807, 2.05) is 0 Å². The van der Waals surface area contributed by atoms with Crippen LogP contribution >= 0.6 is 0 Å². The van der Waals surface area contributed by atoms with Gasteiger partial charge in [-0.1, -0.05) is 12.1 Å². The first-order valence-corrected chi connectivity index (χ1v) is 6.42. The molecule has 70 valence electrons. The van der Waals surface area contributed by atoms with Crippen molar-refractivity contribution in [3.63, 3.8) is 0 Å². The van der Waals surface area contributed by atoms with Crippen LogP contribution in [0.5, 0.6) is 0 Å². The Balaban J connectivity index is 2.95. The fourth-order valence-corrected chi connectivity index (χ4v) is 4.78. The molecule has 1 unspecified atom stereocenters. The third-order valence-electron chi connectivity index (χ3n) is 1.65. The average Bonchev–Trinajstić information content (AvgIpc) is 2.20. The predicted molar refractivity (Wildman–Crippen MR) is 48.2 cm³/mol. The van der Waals surface area contributed by atoms with Gasteiger partial charge in [-0.3, -0.25) is 0 Å². The maximum absolute atomic E-state index is 11.5. The van der Waals surface area contributed by atoms with Gasteiger partial charge in [0.2, 0.25) is 0 Å². The molecule has 0 saturated carbocycles. The number of hydrogen-bond acceptors (Lipinski definition) is 4. The van der Waals surface area contributed by atoms with Gasteiger partial charge >= 0.3 is 10.1 Å². The molecule has 0 spiro atoms. The van der Waals surface area contributed by atoms with Crippen LogP contribution in [0.2, 0.25) is 0 Å². The molecule has 0 saturated heterocycles. The van der Waals surface area contributed by atoms with E-state index in [0.29, 0.717) is 0 Å². The van der Waals surface area contributed by atoms with E-state index in [1.54, 1.807) is 12.1 Å². The molecular formula is C7H6O4S2. The van der Waals surface area contributed by atoms with Crippen LogP contribution in [0.4, 0.5) is 0 Å². The maximum Gasteiger partial charge on any atom is 0.310 e. The summed E-state index contributed by atoms with van der Waals surface area (Å²) >= 11 is 0. The third kappa shape index (κ3) is 1.18. The molecule has 0 N–H and O–H groups in total. The van der Waals surface area contributed by atoms with Crippen molar-refractivity contribution in [3.8, 4) is 0 Å². The monoisotopic (exact) mass is 218 g/mol. The molecule has 1 heterocycles. The van der Waals surface area contributed by atoms with Crippen LogP contribution in [-0.2, 0) is 23.6 Å². The van der Waals surface area contributed by atoms with E-state index in [0.717, 1.165) is 0 Å². The number of benzene rings is 1. The summed E-state index contributed by atoms with van der Waals surface area (Å²) in [6.45, 7) is 0. The molecule has 1 aliphatic heterocycles. The van der Waals surface area contributed by atoms with E-state index in [2.05, 4.69) is 9.50 Å². The summed E-state index contributed by atoms with van der Waals surface area (Å²) in [6.07, 6.45) is 0. The smallest absolute Gasteiger partial charge is 0.235 e. The van der Waals surface area contributed by atoms with Gasteiger partial charge in [-0.2, -0.15) is 12.0 Å². The molecule has 1 aliphatic rings. The first-order chi connectivity index (χ1) is 5.93. The molecule has 0 radical (unpaired) electrons. The highest BCUT2D eigenvalue weighted by molar-refractivity contribution is 8.07. The lowest BCUT2D eigenvalue weighted by atomic mass is 10.4. The minimum atomic E-state index is -3.85. The van der Waals surface area contributed by atoms with Gasteiger partial charge < -0.3 is 0 Å². The van der Waals surface area contributed by atoms with Crippen molar-refractivity contribution >= 4 is 25.8 Å². The normalized spacial score (nSPS) is 29.8. The summed E-state index contributed by atoms with van der Waals surface area (Å²) in [5, 5.41) is 0. The lowest BCUT2D eigenvalue weighted by Crippen LogP contribution is -2.00. The predicted octanol–water partition coefficient (Wildman–Crippen LogP) is 0.396. The van der Waals surface area contributed by atoms with Crippen molar-refractivity contribution in [2.24, 2.45) is 0 Å². The molecule has 0 aromatic heterocycles. The summed E-state index contributed by atoms with van der Waals surface area (Å²) in [5.41, 5.74) is 0. The summed E-state index contributed by atoms with van der Waals surface area (Å²) in [7, 11) is -6.95. The van der Waals surface area contributed by atoms with Crippen molar-refractivity contribution in [1.82, 2.24) is 0 Å². The number of hydrogen-bond donors (Lipinski definition) is 0. The fourth-order valence-electron chi connectivity index (χ4n) is 1.13. The molecule has 1 atom stereocenters. The number of fused-ring (bicyclic) bond motifs is 1. The van der Waals surface area contributed by atoms with Crippen molar-refractivity contribution in [1.29, 1.82) is 0 Å². The average molecular weight is 218 g/mol. The van der Waals surface area contributed by atoms with Crippen molar-refractivity contribution in [2.45, 2.75) is 9.79 Å². The molecule has 1 aromatic carbocycles. The van der Waals surface area contributed by atoms with E-state index in [1.165, 1.54) is 12.1 Å². The zero-order valence-electron chi connectivity index (χ0n) is 6.47. The van der Waals surface area contributed by atoms with Crippen LogP contribution < -0.4 is 0 Å². The second-order valence-corrected chi connectivity index (χ2v) is 6.15. The van der Waals surface area contributed by atoms with Crippen LogP contribution in [0.15, 0.2) is 34.1 Å².